The molecule has 11 heavy (non-hydrogen) atoms. The Morgan fingerprint density at radius 1 is 1.55 bits per heavy atom. The van der Waals surface area contributed by atoms with Crippen LogP contribution in [0, 0.1) is 11.8 Å². The number of ether oxygens (including phenoxy) is 1. The largest absolute Gasteiger partial charge is 0.390 e. The van der Waals surface area contributed by atoms with Gasteiger partial charge in [-0.1, -0.05) is 13.8 Å². The van der Waals surface area contributed by atoms with Crippen LogP contribution in [0.2, 0.25) is 0 Å². The second-order valence-corrected chi connectivity index (χ2v) is 4.03. The van der Waals surface area contributed by atoms with E-state index in [9.17, 15) is 5.11 Å². The number of aliphatic hydroxyl groups is 1. The summed E-state index contributed by atoms with van der Waals surface area (Å²) in [5.74, 6) is 0.807. The zero-order valence-corrected chi connectivity index (χ0v) is 7.63. The molecule has 0 saturated carbocycles. The highest BCUT2D eigenvalue weighted by Gasteiger charge is 2.36. The maximum atomic E-state index is 9.92. The van der Waals surface area contributed by atoms with Gasteiger partial charge in [-0.2, -0.15) is 0 Å². The molecule has 1 heterocycles. The van der Waals surface area contributed by atoms with Crippen LogP contribution < -0.4 is 0 Å². The van der Waals surface area contributed by atoms with Gasteiger partial charge in [0.2, 0.25) is 0 Å². The van der Waals surface area contributed by atoms with E-state index in [-0.39, 0.29) is 0 Å². The van der Waals surface area contributed by atoms with Crippen molar-refractivity contribution in [3.05, 3.63) is 0 Å². The Bertz CT molecular complexity index is 130. The van der Waals surface area contributed by atoms with Crippen molar-refractivity contribution in [3.8, 4) is 0 Å². The van der Waals surface area contributed by atoms with Gasteiger partial charge in [-0.15, -0.1) is 0 Å². The molecule has 0 aromatic heterocycles. The van der Waals surface area contributed by atoms with E-state index in [1.807, 2.05) is 6.92 Å². The Morgan fingerprint density at radius 2 is 2.18 bits per heavy atom. The zero-order chi connectivity index (χ0) is 8.48. The maximum absolute atomic E-state index is 9.92. The lowest BCUT2D eigenvalue weighted by atomic mass is 9.78. The summed E-state index contributed by atoms with van der Waals surface area (Å²) in [5.41, 5.74) is -0.508. The van der Waals surface area contributed by atoms with Crippen molar-refractivity contribution < 1.29 is 9.84 Å². The molecule has 2 atom stereocenters. The summed E-state index contributed by atoms with van der Waals surface area (Å²) in [6.07, 6.45) is 0.774. The van der Waals surface area contributed by atoms with Gasteiger partial charge in [0, 0.05) is 12.5 Å². The summed E-state index contributed by atoms with van der Waals surface area (Å²) in [4.78, 5) is 0. The van der Waals surface area contributed by atoms with Gasteiger partial charge in [0.25, 0.3) is 0 Å². The van der Waals surface area contributed by atoms with Gasteiger partial charge in [-0.25, -0.2) is 0 Å². The van der Waals surface area contributed by atoms with Crippen molar-refractivity contribution in [2.75, 3.05) is 13.2 Å². The van der Waals surface area contributed by atoms with E-state index in [0.717, 1.165) is 6.42 Å². The normalized spacial score (nSPS) is 39.5. The average Bonchev–Trinajstić information content (AvgIpc) is 1.85. The lowest BCUT2D eigenvalue weighted by Gasteiger charge is -2.39. The molecular weight excluding hydrogens is 140 g/mol. The van der Waals surface area contributed by atoms with Crippen molar-refractivity contribution >= 4 is 0 Å². The van der Waals surface area contributed by atoms with Crippen molar-refractivity contribution in [2.45, 2.75) is 32.8 Å². The first kappa shape index (κ1) is 9.01. The molecule has 0 radical (unpaired) electrons. The monoisotopic (exact) mass is 158 g/mol. The molecule has 2 unspecified atom stereocenters. The maximum Gasteiger partial charge on any atom is 0.0694 e. The molecular formula is C9H18O2. The molecule has 66 valence electrons. The van der Waals surface area contributed by atoms with Gasteiger partial charge in [0.05, 0.1) is 12.2 Å². The topological polar surface area (TPSA) is 29.5 Å². The quantitative estimate of drug-likeness (QED) is 0.625. The van der Waals surface area contributed by atoms with E-state index in [4.69, 9.17) is 4.74 Å². The van der Waals surface area contributed by atoms with E-state index in [0.29, 0.717) is 25.0 Å². The SMILES string of the molecule is CC(C)C1COCCC1(C)O. The second kappa shape index (κ2) is 3.11. The molecule has 0 aromatic rings. The molecule has 1 aliphatic heterocycles. The van der Waals surface area contributed by atoms with Crippen LogP contribution in [0.4, 0.5) is 0 Å². The van der Waals surface area contributed by atoms with Crippen LogP contribution in [-0.4, -0.2) is 23.9 Å². The Kier molecular flexibility index (Phi) is 2.55. The molecule has 0 aliphatic carbocycles. The molecule has 0 bridgehead atoms. The standard InChI is InChI=1S/C9H18O2/c1-7(2)8-6-11-5-4-9(8,3)10/h7-8,10H,4-6H2,1-3H3. The highest BCUT2D eigenvalue weighted by atomic mass is 16.5. The van der Waals surface area contributed by atoms with Crippen LogP contribution in [0.1, 0.15) is 27.2 Å². The molecule has 2 nitrogen and oxygen atoms in total. The minimum absolute atomic E-state index is 0.302. The van der Waals surface area contributed by atoms with Gasteiger partial charge in [0.15, 0.2) is 0 Å². The minimum Gasteiger partial charge on any atom is -0.390 e. The van der Waals surface area contributed by atoms with Crippen LogP contribution in [-0.2, 0) is 4.74 Å². The van der Waals surface area contributed by atoms with Gasteiger partial charge >= 0.3 is 0 Å². The van der Waals surface area contributed by atoms with E-state index in [1.54, 1.807) is 0 Å². The van der Waals surface area contributed by atoms with E-state index < -0.39 is 5.60 Å². The van der Waals surface area contributed by atoms with Crippen LogP contribution in [0.25, 0.3) is 0 Å². The second-order valence-electron chi connectivity index (χ2n) is 4.03. The van der Waals surface area contributed by atoms with Crippen molar-refractivity contribution in [3.63, 3.8) is 0 Å². The summed E-state index contributed by atoms with van der Waals surface area (Å²) in [7, 11) is 0. The fraction of sp³-hybridized carbons (Fsp3) is 1.00. The van der Waals surface area contributed by atoms with Gasteiger partial charge in [-0.3, -0.25) is 0 Å². The molecule has 0 amide bonds. The zero-order valence-electron chi connectivity index (χ0n) is 7.63. The first-order valence-electron chi connectivity index (χ1n) is 4.34. The lowest BCUT2D eigenvalue weighted by Crippen LogP contribution is -2.45. The van der Waals surface area contributed by atoms with E-state index in [1.165, 1.54) is 0 Å². The number of rotatable bonds is 1. The minimum atomic E-state index is -0.508. The Hall–Kier alpha value is -0.0800. The highest BCUT2D eigenvalue weighted by Crippen LogP contribution is 2.31. The number of hydrogen-bond acceptors (Lipinski definition) is 2. The third-order valence-electron chi connectivity index (χ3n) is 2.65. The van der Waals surface area contributed by atoms with Gasteiger partial charge < -0.3 is 9.84 Å². The molecule has 2 heteroatoms. The summed E-state index contributed by atoms with van der Waals surface area (Å²) in [6, 6.07) is 0. The molecule has 0 spiro atoms. The molecule has 1 aliphatic rings. The molecule has 1 N–H and O–H groups in total. The predicted octanol–water partition coefficient (Wildman–Crippen LogP) is 1.43. The lowest BCUT2D eigenvalue weighted by molar-refractivity contribution is -0.115. The van der Waals surface area contributed by atoms with Gasteiger partial charge in [-0.05, 0) is 19.3 Å². The smallest absolute Gasteiger partial charge is 0.0694 e. The summed E-state index contributed by atoms with van der Waals surface area (Å²) in [5, 5.41) is 9.92. The molecule has 1 saturated heterocycles. The average molecular weight is 158 g/mol. The van der Waals surface area contributed by atoms with Crippen molar-refractivity contribution in [1.82, 2.24) is 0 Å². The van der Waals surface area contributed by atoms with Crippen LogP contribution in [0.15, 0.2) is 0 Å². The van der Waals surface area contributed by atoms with E-state index in [2.05, 4.69) is 13.8 Å². The highest BCUT2D eigenvalue weighted by molar-refractivity contribution is 4.86. The fourth-order valence-corrected chi connectivity index (χ4v) is 1.76. The molecule has 1 fully saturated rings. The summed E-state index contributed by atoms with van der Waals surface area (Å²) >= 11 is 0. The Balaban J connectivity index is 2.60. The van der Waals surface area contributed by atoms with Gasteiger partial charge in [0.1, 0.15) is 0 Å². The third-order valence-corrected chi connectivity index (χ3v) is 2.65. The van der Waals surface area contributed by atoms with Crippen LogP contribution in [0.3, 0.4) is 0 Å². The number of hydrogen-bond donors (Lipinski definition) is 1. The molecule has 0 aromatic carbocycles. The summed E-state index contributed by atoms with van der Waals surface area (Å²) in [6.45, 7) is 7.60. The first-order valence-corrected chi connectivity index (χ1v) is 4.34. The summed E-state index contributed by atoms with van der Waals surface area (Å²) < 4.78 is 5.32. The Labute approximate surface area is 68.6 Å². The Morgan fingerprint density at radius 3 is 2.55 bits per heavy atom. The van der Waals surface area contributed by atoms with Crippen LogP contribution >= 0.6 is 0 Å². The first-order chi connectivity index (χ1) is 5.04. The van der Waals surface area contributed by atoms with E-state index >= 15 is 0 Å². The molecule has 1 rings (SSSR count). The van der Waals surface area contributed by atoms with Crippen LogP contribution in [0.5, 0.6) is 0 Å². The van der Waals surface area contributed by atoms with Crippen molar-refractivity contribution in [1.29, 1.82) is 0 Å². The van der Waals surface area contributed by atoms with Crippen molar-refractivity contribution in [2.24, 2.45) is 11.8 Å². The third kappa shape index (κ3) is 1.94. The fourth-order valence-electron chi connectivity index (χ4n) is 1.76. The predicted molar refractivity (Wildman–Crippen MR) is 44.4 cm³/mol.